The summed E-state index contributed by atoms with van der Waals surface area (Å²) in [5, 5.41) is -0.176. The molecular weight excluding hydrogens is 211 g/mol. The fourth-order valence-electron chi connectivity index (χ4n) is 0.941. The van der Waals surface area contributed by atoms with Crippen molar-refractivity contribution in [1.29, 1.82) is 0 Å². The van der Waals surface area contributed by atoms with Crippen LogP contribution in [0.5, 0.6) is 5.75 Å². The highest BCUT2D eigenvalue weighted by Crippen LogP contribution is 2.25. The number of benzene rings is 1. The van der Waals surface area contributed by atoms with E-state index in [0.717, 1.165) is 7.11 Å². The summed E-state index contributed by atoms with van der Waals surface area (Å²) in [7, 11) is 2.56. The van der Waals surface area contributed by atoms with Crippen molar-refractivity contribution in [3.8, 4) is 5.75 Å². The minimum Gasteiger partial charge on any atom is -0.497 e. The fraction of sp³-hybridized carbons (Fsp3) is 0.222. The first-order chi connectivity index (χ1) is 6.60. The van der Waals surface area contributed by atoms with Crippen molar-refractivity contribution in [3.05, 3.63) is 28.5 Å². The molecule has 0 spiro atoms. The van der Waals surface area contributed by atoms with E-state index in [1.807, 2.05) is 0 Å². The Hall–Kier alpha value is -1.29. The molecule has 76 valence electrons. The second kappa shape index (κ2) is 4.28. The molecule has 14 heavy (non-hydrogen) atoms. The van der Waals surface area contributed by atoms with Gasteiger partial charge in [-0.25, -0.2) is 9.18 Å². The van der Waals surface area contributed by atoms with E-state index >= 15 is 0 Å². The molecule has 1 aromatic carbocycles. The molecule has 0 aliphatic carbocycles. The molecule has 0 N–H and O–H groups in total. The molecule has 3 nitrogen and oxygen atoms in total. The smallest absolute Gasteiger partial charge is 0.341 e. The lowest BCUT2D eigenvalue weighted by molar-refractivity contribution is 0.0595. The van der Waals surface area contributed by atoms with Crippen LogP contribution in [0.15, 0.2) is 12.1 Å². The Morgan fingerprint density at radius 1 is 1.43 bits per heavy atom. The average Bonchev–Trinajstić information content (AvgIpc) is 2.20. The number of halogens is 2. The van der Waals surface area contributed by atoms with E-state index < -0.39 is 11.8 Å². The highest BCUT2D eigenvalue weighted by Gasteiger charge is 2.16. The number of carbonyl (C=O) groups excluding carboxylic acids is 1. The standard InChI is InChI=1S/C9H8ClFO3/c1-13-5-3-6(9(12)14-2)8(11)7(10)4-5/h3-4H,1-2H3. The molecule has 0 bridgehead atoms. The van der Waals surface area contributed by atoms with Crippen LogP contribution in [-0.4, -0.2) is 20.2 Å². The van der Waals surface area contributed by atoms with Gasteiger partial charge in [0.1, 0.15) is 11.3 Å². The lowest BCUT2D eigenvalue weighted by Crippen LogP contribution is -2.05. The molecule has 0 fully saturated rings. The van der Waals surface area contributed by atoms with Crippen LogP contribution >= 0.6 is 11.6 Å². The van der Waals surface area contributed by atoms with Crippen molar-refractivity contribution in [1.82, 2.24) is 0 Å². The monoisotopic (exact) mass is 218 g/mol. The zero-order valence-electron chi connectivity index (χ0n) is 7.64. The number of hydrogen-bond acceptors (Lipinski definition) is 3. The molecular formula is C9H8ClFO3. The van der Waals surface area contributed by atoms with Crippen LogP contribution in [-0.2, 0) is 4.74 Å². The molecule has 0 aliphatic heterocycles. The van der Waals surface area contributed by atoms with Crippen molar-refractivity contribution in [2.75, 3.05) is 14.2 Å². The van der Waals surface area contributed by atoms with Gasteiger partial charge in [-0.3, -0.25) is 0 Å². The first-order valence-corrected chi connectivity index (χ1v) is 4.09. The predicted octanol–water partition coefficient (Wildman–Crippen LogP) is 2.27. The minimum absolute atomic E-state index is 0.176. The van der Waals surface area contributed by atoms with Gasteiger partial charge in [0.15, 0.2) is 5.82 Å². The van der Waals surface area contributed by atoms with Crippen LogP contribution in [0.1, 0.15) is 10.4 Å². The molecule has 5 heteroatoms. The van der Waals surface area contributed by atoms with Crippen molar-refractivity contribution in [2.24, 2.45) is 0 Å². The Kier molecular flexibility index (Phi) is 3.30. The second-order valence-corrected chi connectivity index (χ2v) is 2.87. The van der Waals surface area contributed by atoms with E-state index in [1.54, 1.807) is 0 Å². The maximum Gasteiger partial charge on any atom is 0.341 e. The summed E-state index contributed by atoms with van der Waals surface area (Å²) >= 11 is 5.54. The summed E-state index contributed by atoms with van der Waals surface area (Å²) in [6.45, 7) is 0. The van der Waals surface area contributed by atoms with Gasteiger partial charge < -0.3 is 9.47 Å². The summed E-state index contributed by atoms with van der Waals surface area (Å²) in [6.07, 6.45) is 0. The molecule has 0 heterocycles. The Bertz CT molecular complexity index is 365. The summed E-state index contributed by atoms with van der Waals surface area (Å²) in [5.41, 5.74) is -0.239. The second-order valence-electron chi connectivity index (χ2n) is 2.46. The Morgan fingerprint density at radius 2 is 2.07 bits per heavy atom. The largest absolute Gasteiger partial charge is 0.497 e. The summed E-state index contributed by atoms with van der Waals surface area (Å²) in [4.78, 5) is 11.1. The quantitative estimate of drug-likeness (QED) is 0.715. The van der Waals surface area contributed by atoms with Crippen LogP contribution in [0.4, 0.5) is 4.39 Å². The highest BCUT2D eigenvalue weighted by atomic mass is 35.5. The zero-order chi connectivity index (χ0) is 10.7. The third-order valence-corrected chi connectivity index (χ3v) is 1.92. The number of esters is 1. The van der Waals surface area contributed by atoms with Gasteiger partial charge in [0.2, 0.25) is 0 Å². The SMILES string of the molecule is COC(=O)c1cc(OC)cc(Cl)c1F. The van der Waals surface area contributed by atoms with Gasteiger partial charge in [-0.15, -0.1) is 0 Å². The summed E-state index contributed by atoms with van der Waals surface area (Å²) in [5.74, 6) is -1.29. The van der Waals surface area contributed by atoms with Gasteiger partial charge in [-0.05, 0) is 6.07 Å². The molecule has 0 radical (unpaired) electrons. The molecule has 0 unspecified atom stereocenters. The van der Waals surface area contributed by atoms with Crippen LogP contribution in [0.3, 0.4) is 0 Å². The normalized spacial score (nSPS) is 9.71. The van der Waals surface area contributed by atoms with Crippen LogP contribution in [0, 0.1) is 5.82 Å². The number of carbonyl (C=O) groups is 1. The highest BCUT2D eigenvalue weighted by molar-refractivity contribution is 6.31. The lowest BCUT2D eigenvalue weighted by atomic mass is 10.2. The van der Waals surface area contributed by atoms with Gasteiger partial charge in [0.25, 0.3) is 0 Å². The van der Waals surface area contributed by atoms with Crippen molar-refractivity contribution in [2.45, 2.75) is 0 Å². The maximum absolute atomic E-state index is 13.3. The Labute approximate surface area is 85.4 Å². The van der Waals surface area contributed by atoms with E-state index in [2.05, 4.69) is 4.74 Å². The Morgan fingerprint density at radius 3 is 2.57 bits per heavy atom. The van der Waals surface area contributed by atoms with Crippen molar-refractivity contribution < 1.29 is 18.7 Å². The average molecular weight is 219 g/mol. The minimum atomic E-state index is -0.806. The fourth-order valence-corrected chi connectivity index (χ4v) is 1.15. The van der Waals surface area contributed by atoms with Crippen molar-refractivity contribution in [3.63, 3.8) is 0 Å². The molecule has 0 atom stereocenters. The van der Waals surface area contributed by atoms with Crippen LogP contribution < -0.4 is 4.74 Å². The van der Waals surface area contributed by atoms with E-state index in [1.165, 1.54) is 19.2 Å². The van der Waals surface area contributed by atoms with E-state index in [0.29, 0.717) is 5.75 Å². The number of rotatable bonds is 2. The topological polar surface area (TPSA) is 35.5 Å². The van der Waals surface area contributed by atoms with Crippen LogP contribution in [0.2, 0.25) is 5.02 Å². The Balaban J connectivity index is 3.27. The van der Waals surface area contributed by atoms with Gasteiger partial charge in [-0.1, -0.05) is 11.6 Å². The molecule has 0 amide bonds. The maximum atomic E-state index is 13.3. The first kappa shape index (κ1) is 10.8. The third kappa shape index (κ3) is 1.96. The van der Waals surface area contributed by atoms with E-state index in [9.17, 15) is 9.18 Å². The van der Waals surface area contributed by atoms with Gasteiger partial charge in [0.05, 0.1) is 19.2 Å². The third-order valence-electron chi connectivity index (χ3n) is 1.64. The van der Waals surface area contributed by atoms with E-state index in [4.69, 9.17) is 16.3 Å². The molecule has 0 saturated heterocycles. The van der Waals surface area contributed by atoms with Crippen LogP contribution in [0.25, 0.3) is 0 Å². The number of methoxy groups -OCH3 is 2. The van der Waals surface area contributed by atoms with Gasteiger partial charge in [-0.2, -0.15) is 0 Å². The molecule has 0 saturated carbocycles. The zero-order valence-corrected chi connectivity index (χ0v) is 8.39. The van der Waals surface area contributed by atoms with E-state index in [-0.39, 0.29) is 10.6 Å². The summed E-state index contributed by atoms with van der Waals surface area (Å²) < 4.78 is 22.5. The lowest BCUT2D eigenvalue weighted by Gasteiger charge is -2.05. The molecule has 1 aromatic rings. The summed E-state index contributed by atoms with van der Waals surface area (Å²) in [6, 6.07) is 2.51. The number of hydrogen-bond donors (Lipinski definition) is 0. The molecule has 0 aromatic heterocycles. The van der Waals surface area contributed by atoms with Gasteiger partial charge in [0, 0.05) is 6.07 Å². The predicted molar refractivity (Wildman–Crippen MR) is 49.3 cm³/mol. The van der Waals surface area contributed by atoms with Crippen molar-refractivity contribution >= 4 is 17.6 Å². The number of ether oxygens (including phenoxy) is 2. The molecule has 1 rings (SSSR count). The molecule has 0 aliphatic rings. The van der Waals surface area contributed by atoms with Gasteiger partial charge >= 0.3 is 5.97 Å². The first-order valence-electron chi connectivity index (χ1n) is 3.71.